The van der Waals surface area contributed by atoms with Gasteiger partial charge in [-0.05, 0) is 46.9 Å². The second-order valence-corrected chi connectivity index (χ2v) is 9.95. The number of hydrogen-bond donors (Lipinski definition) is 2. The van der Waals surface area contributed by atoms with Crippen LogP contribution in [0.25, 0.3) is 11.1 Å². The molecule has 0 bridgehead atoms. The monoisotopic (exact) mass is 478 g/mol. The molecule has 2 N–H and O–H groups in total. The number of ether oxygens (including phenoxy) is 1. The molecule has 0 radical (unpaired) electrons. The summed E-state index contributed by atoms with van der Waals surface area (Å²) >= 11 is 0. The van der Waals surface area contributed by atoms with Crippen LogP contribution < -0.4 is 5.32 Å². The number of rotatable bonds is 11. The summed E-state index contributed by atoms with van der Waals surface area (Å²) in [5, 5.41) is 11.9. The van der Waals surface area contributed by atoms with Crippen LogP contribution in [0.2, 0.25) is 0 Å². The number of alkyl carbamates (subject to hydrolysis) is 1. The second-order valence-electron chi connectivity index (χ2n) is 9.95. The number of amides is 2. The molecule has 35 heavy (non-hydrogen) atoms. The number of benzene rings is 2. The maximum Gasteiger partial charge on any atom is 0.407 e. The number of carbonyl (C=O) groups excluding carboxylic acids is 2. The molecule has 0 spiro atoms. The van der Waals surface area contributed by atoms with Crippen molar-refractivity contribution < 1.29 is 24.2 Å². The highest BCUT2D eigenvalue weighted by Crippen LogP contribution is 2.44. The lowest BCUT2D eigenvalue weighted by molar-refractivity contribution is -0.138. The average Bonchev–Trinajstić information content (AvgIpc) is 3.60. The first-order valence-corrected chi connectivity index (χ1v) is 12.4. The zero-order chi connectivity index (χ0) is 24.9. The highest BCUT2D eigenvalue weighted by molar-refractivity contribution is 5.80. The van der Waals surface area contributed by atoms with Gasteiger partial charge in [0.15, 0.2) is 0 Å². The van der Waals surface area contributed by atoms with Gasteiger partial charge in [-0.15, -0.1) is 0 Å². The Bertz CT molecular complexity index is 1030. The molecule has 7 heteroatoms. The summed E-state index contributed by atoms with van der Waals surface area (Å²) in [6.07, 6.45) is 1.64. The molecular weight excluding hydrogens is 444 g/mol. The molecule has 2 aliphatic carbocycles. The number of aliphatic carboxylic acids is 1. The van der Waals surface area contributed by atoms with Gasteiger partial charge in [-0.1, -0.05) is 62.4 Å². The Morgan fingerprint density at radius 2 is 1.63 bits per heavy atom. The van der Waals surface area contributed by atoms with Gasteiger partial charge < -0.3 is 20.1 Å². The van der Waals surface area contributed by atoms with E-state index in [-0.39, 0.29) is 43.7 Å². The van der Waals surface area contributed by atoms with Gasteiger partial charge in [0.1, 0.15) is 6.61 Å². The molecule has 186 valence electrons. The van der Waals surface area contributed by atoms with E-state index in [1.54, 1.807) is 4.90 Å². The third-order valence-electron chi connectivity index (χ3n) is 6.97. The normalized spacial score (nSPS) is 15.3. The number of nitrogens with zero attached hydrogens (tertiary/aromatic N) is 1. The average molecular weight is 479 g/mol. The van der Waals surface area contributed by atoms with Crippen molar-refractivity contribution in [2.75, 3.05) is 19.7 Å². The summed E-state index contributed by atoms with van der Waals surface area (Å²) in [5.74, 6) is -0.606. The van der Waals surface area contributed by atoms with Gasteiger partial charge in [0.05, 0.1) is 6.42 Å². The number of nitrogens with one attached hydrogen (secondary N) is 1. The van der Waals surface area contributed by atoms with Crippen LogP contribution in [0, 0.1) is 11.8 Å². The molecule has 0 saturated heterocycles. The Balaban J connectivity index is 1.36. The molecule has 2 aromatic rings. The zero-order valence-corrected chi connectivity index (χ0v) is 20.4. The summed E-state index contributed by atoms with van der Waals surface area (Å²) in [4.78, 5) is 38.4. The number of hydrogen-bond acceptors (Lipinski definition) is 4. The van der Waals surface area contributed by atoms with Crippen molar-refractivity contribution in [2.45, 2.75) is 51.5 Å². The van der Waals surface area contributed by atoms with Crippen molar-refractivity contribution in [3.05, 3.63) is 59.7 Å². The molecular formula is C28H34N2O5. The topological polar surface area (TPSA) is 95.9 Å². The van der Waals surface area contributed by atoms with Gasteiger partial charge in [0.2, 0.25) is 5.91 Å². The van der Waals surface area contributed by atoms with E-state index in [9.17, 15) is 14.4 Å². The van der Waals surface area contributed by atoms with Crippen LogP contribution in [0.4, 0.5) is 4.79 Å². The maximum absolute atomic E-state index is 13.0. The van der Waals surface area contributed by atoms with Gasteiger partial charge in [0.25, 0.3) is 0 Å². The highest BCUT2D eigenvalue weighted by Gasteiger charge is 2.31. The predicted octanol–water partition coefficient (Wildman–Crippen LogP) is 4.65. The summed E-state index contributed by atoms with van der Waals surface area (Å²) < 4.78 is 5.66. The first kappa shape index (κ1) is 24.8. The summed E-state index contributed by atoms with van der Waals surface area (Å²) in [6.45, 7) is 4.89. The molecule has 2 amide bonds. The van der Waals surface area contributed by atoms with Crippen molar-refractivity contribution in [3.63, 3.8) is 0 Å². The summed E-state index contributed by atoms with van der Waals surface area (Å²) in [7, 11) is 0. The van der Waals surface area contributed by atoms with Crippen LogP contribution >= 0.6 is 0 Å². The van der Waals surface area contributed by atoms with Gasteiger partial charge in [-0.3, -0.25) is 9.59 Å². The molecule has 1 atom stereocenters. The third kappa shape index (κ3) is 6.21. The first-order valence-electron chi connectivity index (χ1n) is 12.4. The third-order valence-corrected chi connectivity index (χ3v) is 6.97. The van der Waals surface area contributed by atoms with E-state index in [2.05, 4.69) is 29.6 Å². The standard InChI is InChI=1S/C28H34N2O5/c1-18(2)25(15-26(31)30(14-13-27(32)33)16-19-11-12-19)29-28(34)35-17-24-22-9-5-3-7-20(22)21-8-4-6-10-23(21)24/h3-10,18-19,24-25H,11-17H2,1-2H3,(H,29,34)(H,32,33)/t25-/m0/s1. The van der Waals surface area contributed by atoms with Crippen LogP contribution in [0.3, 0.4) is 0 Å². The van der Waals surface area contributed by atoms with Crippen LogP contribution in [0.15, 0.2) is 48.5 Å². The fourth-order valence-electron chi connectivity index (χ4n) is 4.72. The number of fused-ring (bicyclic) bond motifs is 3. The van der Waals surface area contributed by atoms with E-state index < -0.39 is 18.1 Å². The lowest BCUT2D eigenvalue weighted by atomic mass is 9.98. The van der Waals surface area contributed by atoms with Crippen LogP contribution in [0.1, 0.15) is 56.6 Å². The minimum absolute atomic E-state index is 0.0154. The van der Waals surface area contributed by atoms with Crippen LogP contribution in [-0.2, 0) is 14.3 Å². The Kier molecular flexibility index (Phi) is 7.73. The number of carbonyl (C=O) groups is 3. The number of carboxylic acid groups (broad SMARTS) is 1. The van der Waals surface area contributed by atoms with Gasteiger partial charge in [-0.25, -0.2) is 4.79 Å². The van der Waals surface area contributed by atoms with Gasteiger partial charge >= 0.3 is 12.1 Å². The number of carboxylic acids is 1. The molecule has 2 aliphatic rings. The lowest BCUT2D eigenvalue weighted by Gasteiger charge is -2.27. The fourth-order valence-corrected chi connectivity index (χ4v) is 4.72. The Labute approximate surface area is 206 Å². The minimum Gasteiger partial charge on any atom is -0.481 e. The van der Waals surface area contributed by atoms with Crippen molar-refractivity contribution in [1.29, 1.82) is 0 Å². The quantitative estimate of drug-likeness (QED) is 0.490. The fraction of sp³-hybridized carbons (Fsp3) is 0.464. The minimum atomic E-state index is -0.921. The smallest absolute Gasteiger partial charge is 0.407 e. The van der Waals surface area contributed by atoms with Crippen molar-refractivity contribution in [1.82, 2.24) is 10.2 Å². The largest absolute Gasteiger partial charge is 0.481 e. The first-order chi connectivity index (χ1) is 16.8. The summed E-state index contributed by atoms with van der Waals surface area (Å²) in [5.41, 5.74) is 4.62. The van der Waals surface area contributed by atoms with Gasteiger partial charge in [0, 0.05) is 31.5 Å². The van der Waals surface area contributed by atoms with E-state index in [4.69, 9.17) is 9.84 Å². The molecule has 1 fully saturated rings. The summed E-state index contributed by atoms with van der Waals surface area (Å²) in [6, 6.07) is 15.9. The molecule has 0 aromatic heterocycles. The van der Waals surface area contributed by atoms with E-state index in [1.165, 1.54) is 11.1 Å². The lowest BCUT2D eigenvalue weighted by Crippen LogP contribution is -2.44. The molecule has 0 aliphatic heterocycles. The predicted molar refractivity (Wildman–Crippen MR) is 133 cm³/mol. The molecule has 2 aromatic carbocycles. The molecule has 7 nitrogen and oxygen atoms in total. The maximum atomic E-state index is 13.0. The van der Waals surface area contributed by atoms with E-state index in [0.29, 0.717) is 12.5 Å². The van der Waals surface area contributed by atoms with E-state index in [1.807, 2.05) is 38.1 Å². The Morgan fingerprint density at radius 3 is 2.17 bits per heavy atom. The molecule has 0 heterocycles. The zero-order valence-electron chi connectivity index (χ0n) is 20.4. The van der Waals surface area contributed by atoms with Crippen LogP contribution in [0.5, 0.6) is 0 Å². The molecule has 1 saturated carbocycles. The van der Waals surface area contributed by atoms with Crippen LogP contribution in [-0.4, -0.2) is 53.7 Å². The van der Waals surface area contributed by atoms with E-state index in [0.717, 1.165) is 24.0 Å². The Morgan fingerprint density at radius 1 is 1.03 bits per heavy atom. The van der Waals surface area contributed by atoms with Crippen molar-refractivity contribution in [3.8, 4) is 11.1 Å². The molecule has 0 unspecified atom stereocenters. The van der Waals surface area contributed by atoms with Crippen molar-refractivity contribution in [2.24, 2.45) is 11.8 Å². The highest BCUT2D eigenvalue weighted by atomic mass is 16.5. The van der Waals surface area contributed by atoms with E-state index >= 15 is 0 Å². The molecule has 4 rings (SSSR count). The van der Waals surface area contributed by atoms with Crippen molar-refractivity contribution >= 4 is 18.0 Å². The Hall–Kier alpha value is -3.35. The second kappa shape index (κ2) is 10.9. The SMILES string of the molecule is CC(C)[C@H](CC(=O)N(CCC(=O)O)CC1CC1)NC(=O)OCC1c2ccccc2-c2ccccc21. The van der Waals surface area contributed by atoms with Gasteiger partial charge in [-0.2, -0.15) is 0 Å².